The minimum absolute atomic E-state index is 0.280. The molecule has 2 heterocycles. The Hall–Kier alpha value is -1.95. The maximum Gasteiger partial charge on any atom is 0.155 e. The first kappa shape index (κ1) is 13.1. The Labute approximate surface area is 123 Å². The van der Waals surface area contributed by atoms with Crippen LogP contribution in [0.2, 0.25) is 0 Å². The van der Waals surface area contributed by atoms with E-state index in [1.807, 2.05) is 19.2 Å². The molecule has 4 nitrogen and oxygen atoms in total. The summed E-state index contributed by atoms with van der Waals surface area (Å²) in [4.78, 5) is 4.31. The van der Waals surface area contributed by atoms with E-state index in [9.17, 15) is 4.39 Å². The van der Waals surface area contributed by atoms with Gasteiger partial charge in [0.05, 0.1) is 11.4 Å². The number of benzene rings is 1. The van der Waals surface area contributed by atoms with Gasteiger partial charge in [0.25, 0.3) is 0 Å². The van der Waals surface area contributed by atoms with E-state index in [1.165, 1.54) is 6.07 Å². The van der Waals surface area contributed by atoms with Gasteiger partial charge in [-0.1, -0.05) is 15.9 Å². The van der Waals surface area contributed by atoms with Crippen LogP contribution in [0.5, 0.6) is 0 Å². The third kappa shape index (κ3) is 2.65. The van der Waals surface area contributed by atoms with Gasteiger partial charge in [0.1, 0.15) is 5.82 Å². The average Bonchev–Trinajstić information content (AvgIpc) is 2.79. The number of aromatic nitrogens is 3. The predicted molar refractivity (Wildman–Crippen MR) is 79.2 cm³/mol. The number of nitrogens with zero attached hydrogens (tertiary/aromatic N) is 3. The van der Waals surface area contributed by atoms with Gasteiger partial charge in [-0.05, 0) is 25.1 Å². The second kappa shape index (κ2) is 5.20. The molecule has 2 aromatic heterocycles. The lowest BCUT2D eigenvalue weighted by molar-refractivity contribution is 0.630. The molecule has 0 bridgehead atoms. The maximum absolute atomic E-state index is 13.6. The summed E-state index contributed by atoms with van der Waals surface area (Å²) >= 11 is 3.32. The van der Waals surface area contributed by atoms with E-state index < -0.39 is 0 Å². The fraction of sp³-hybridized carbons (Fsp3) is 0.143. The molecule has 0 unspecified atom stereocenters. The highest BCUT2D eigenvalue weighted by atomic mass is 79.9. The van der Waals surface area contributed by atoms with Crippen molar-refractivity contribution in [2.45, 2.75) is 13.5 Å². The Bertz CT molecular complexity index is 769. The summed E-state index contributed by atoms with van der Waals surface area (Å²) in [7, 11) is 0. The van der Waals surface area contributed by atoms with Gasteiger partial charge >= 0.3 is 0 Å². The van der Waals surface area contributed by atoms with Crippen molar-refractivity contribution in [1.82, 2.24) is 14.6 Å². The molecule has 0 atom stereocenters. The molecule has 0 spiro atoms. The lowest BCUT2D eigenvalue weighted by Crippen LogP contribution is -2.03. The van der Waals surface area contributed by atoms with Crippen LogP contribution >= 0.6 is 15.9 Å². The van der Waals surface area contributed by atoms with E-state index in [0.717, 1.165) is 21.4 Å². The fourth-order valence-corrected chi connectivity index (χ4v) is 2.32. The van der Waals surface area contributed by atoms with Crippen LogP contribution in [-0.4, -0.2) is 14.6 Å². The number of fused-ring (bicyclic) bond motifs is 1. The zero-order chi connectivity index (χ0) is 14.1. The number of halogens is 2. The van der Waals surface area contributed by atoms with Gasteiger partial charge in [-0.2, -0.15) is 5.10 Å². The third-order valence-corrected chi connectivity index (χ3v) is 3.39. The maximum atomic E-state index is 13.6. The Morgan fingerprint density at radius 1 is 1.35 bits per heavy atom. The molecule has 3 aromatic rings. The highest BCUT2D eigenvalue weighted by Crippen LogP contribution is 2.20. The van der Waals surface area contributed by atoms with Crippen molar-refractivity contribution in [3.05, 3.63) is 58.2 Å². The Morgan fingerprint density at radius 3 is 3.05 bits per heavy atom. The topological polar surface area (TPSA) is 42.2 Å². The van der Waals surface area contributed by atoms with Crippen molar-refractivity contribution >= 4 is 27.3 Å². The van der Waals surface area contributed by atoms with Crippen LogP contribution in [0, 0.1) is 12.7 Å². The highest BCUT2D eigenvalue weighted by Gasteiger charge is 2.04. The standard InChI is InChI=1S/C14H12BrFN4/c1-9-4-14-18-7-10(8-20(14)19-9)6-17-13-5-11(15)2-3-12(13)16/h2-5,7-8,17H,6H2,1H3. The van der Waals surface area contributed by atoms with Crippen LogP contribution in [0.25, 0.3) is 5.65 Å². The van der Waals surface area contributed by atoms with Crippen LogP contribution in [-0.2, 0) is 6.54 Å². The van der Waals surface area contributed by atoms with Crippen LogP contribution in [0.3, 0.4) is 0 Å². The molecule has 0 amide bonds. The summed E-state index contributed by atoms with van der Waals surface area (Å²) < 4.78 is 16.2. The summed E-state index contributed by atoms with van der Waals surface area (Å²) in [6, 6.07) is 6.70. The highest BCUT2D eigenvalue weighted by molar-refractivity contribution is 9.10. The molecule has 0 aliphatic carbocycles. The predicted octanol–water partition coefficient (Wildman–Crippen LogP) is 3.55. The zero-order valence-electron chi connectivity index (χ0n) is 10.8. The van der Waals surface area contributed by atoms with Gasteiger partial charge in [0.15, 0.2) is 5.65 Å². The molecule has 0 saturated carbocycles. The van der Waals surface area contributed by atoms with Gasteiger partial charge in [0.2, 0.25) is 0 Å². The van der Waals surface area contributed by atoms with Crippen molar-refractivity contribution < 1.29 is 4.39 Å². The lowest BCUT2D eigenvalue weighted by Gasteiger charge is -2.08. The summed E-state index contributed by atoms with van der Waals surface area (Å²) in [6.07, 6.45) is 3.65. The van der Waals surface area contributed by atoms with Crippen LogP contribution in [0.1, 0.15) is 11.3 Å². The van der Waals surface area contributed by atoms with E-state index in [1.54, 1.807) is 22.8 Å². The minimum atomic E-state index is -0.280. The largest absolute Gasteiger partial charge is 0.378 e. The Balaban J connectivity index is 1.80. The lowest BCUT2D eigenvalue weighted by atomic mass is 10.3. The Morgan fingerprint density at radius 2 is 2.20 bits per heavy atom. The van der Waals surface area contributed by atoms with Gasteiger partial charge < -0.3 is 5.32 Å². The molecule has 0 aliphatic rings. The average molecular weight is 335 g/mol. The SMILES string of the molecule is Cc1cc2ncc(CNc3cc(Br)ccc3F)cn2n1. The molecular weight excluding hydrogens is 323 g/mol. The second-order valence-electron chi connectivity index (χ2n) is 4.53. The van der Waals surface area contributed by atoms with Crippen molar-refractivity contribution in [2.75, 3.05) is 5.32 Å². The molecule has 0 fully saturated rings. The van der Waals surface area contributed by atoms with Crippen LogP contribution < -0.4 is 5.32 Å². The number of nitrogens with one attached hydrogen (secondary N) is 1. The first-order valence-corrected chi connectivity index (χ1v) is 6.91. The van der Waals surface area contributed by atoms with Crippen LogP contribution in [0.15, 0.2) is 41.1 Å². The van der Waals surface area contributed by atoms with E-state index in [0.29, 0.717) is 12.2 Å². The van der Waals surface area contributed by atoms with Gasteiger partial charge in [0, 0.05) is 35.0 Å². The number of anilines is 1. The summed E-state index contributed by atoms with van der Waals surface area (Å²) in [5.74, 6) is -0.280. The van der Waals surface area contributed by atoms with Gasteiger partial charge in [-0.3, -0.25) is 0 Å². The molecule has 0 radical (unpaired) electrons. The van der Waals surface area contributed by atoms with Gasteiger partial charge in [-0.15, -0.1) is 0 Å². The van der Waals surface area contributed by atoms with E-state index >= 15 is 0 Å². The zero-order valence-corrected chi connectivity index (χ0v) is 12.4. The smallest absolute Gasteiger partial charge is 0.155 e. The minimum Gasteiger partial charge on any atom is -0.378 e. The molecule has 6 heteroatoms. The van der Waals surface area contributed by atoms with E-state index in [4.69, 9.17) is 0 Å². The van der Waals surface area contributed by atoms with Crippen molar-refractivity contribution in [3.63, 3.8) is 0 Å². The summed E-state index contributed by atoms with van der Waals surface area (Å²) in [5, 5.41) is 7.36. The monoisotopic (exact) mass is 334 g/mol. The molecule has 0 saturated heterocycles. The van der Waals surface area contributed by atoms with Crippen molar-refractivity contribution in [1.29, 1.82) is 0 Å². The number of aryl methyl sites for hydroxylation is 1. The van der Waals surface area contributed by atoms with Crippen molar-refractivity contribution in [2.24, 2.45) is 0 Å². The molecule has 0 aliphatic heterocycles. The summed E-state index contributed by atoms with van der Waals surface area (Å²) in [6.45, 7) is 2.40. The number of hydrogen-bond acceptors (Lipinski definition) is 3. The molecule has 1 aromatic carbocycles. The number of rotatable bonds is 3. The normalized spacial score (nSPS) is 10.9. The van der Waals surface area contributed by atoms with E-state index in [2.05, 4.69) is 31.3 Å². The molecule has 3 rings (SSSR count). The first-order valence-electron chi connectivity index (χ1n) is 6.12. The summed E-state index contributed by atoms with van der Waals surface area (Å²) in [5.41, 5.74) is 3.11. The second-order valence-corrected chi connectivity index (χ2v) is 5.44. The molecule has 1 N–H and O–H groups in total. The van der Waals surface area contributed by atoms with E-state index in [-0.39, 0.29) is 5.82 Å². The number of hydrogen-bond donors (Lipinski definition) is 1. The fourth-order valence-electron chi connectivity index (χ4n) is 1.96. The molecule has 102 valence electrons. The third-order valence-electron chi connectivity index (χ3n) is 2.90. The first-order chi connectivity index (χ1) is 9.61. The van der Waals surface area contributed by atoms with Crippen molar-refractivity contribution in [3.8, 4) is 0 Å². The van der Waals surface area contributed by atoms with Crippen LogP contribution in [0.4, 0.5) is 10.1 Å². The Kier molecular flexibility index (Phi) is 3.40. The molecular formula is C14H12BrFN4. The quantitative estimate of drug-likeness (QED) is 0.796. The van der Waals surface area contributed by atoms with Gasteiger partial charge in [-0.25, -0.2) is 13.9 Å². The molecule has 20 heavy (non-hydrogen) atoms.